The third kappa shape index (κ3) is 4.27. The summed E-state index contributed by atoms with van der Waals surface area (Å²) in [4.78, 5) is 20.1. The van der Waals surface area contributed by atoms with Crippen molar-refractivity contribution in [2.24, 2.45) is 17.8 Å². The Morgan fingerprint density at radius 3 is 2.84 bits per heavy atom. The summed E-state index contributed by atoms with van der Waals surface area (Å²) in [5.41, 5.74) is 2.07. The molecule has 0 N–H and O–H groups in total. The first-order chi connectivity index (χ1) is 15.2. The van der Waals surface area contributed by atoms with Crippen LogP contribution in [0.2, 0.25) is 0 Å². The minimum Gasteiger partial charge on any atom is -0.456 e. The Labute approximate surface area is 185 Å². The van der Waals surface area contributed by atoms with Crippen molar-refractivity contribution in [3.8, 4) is 0 Å². The number of carbonyl (C=O) groups is 1. The zero-order valence-corrected chi connectivity index (χ0v) is 18.4. The number of hydrogen-bond donors (Lipinski definition) is 0. The molecule has 164 valence electrons. The van der Waals surface area contributed by atoms with Crippen molar-refractivity contribution in [1.29, 1.82) is 0 Å². The normalized spacial score (nSPS) is 29.2. The SMILES string of the molecule is C=C[C@H]1CN2CC[C@H]1C[C@H]2[C@H](OC(=O)CCC1CCCC1)c1ccnc2ccccc12. The minimum absolute atomic E-state index is 0.0410. The van der Waals surface area contributed by atoms with Crippen LogP contribution in [0.15, 0.2) is 49.2 Å². The van der Waals surface area contributed by atoms with Crippen molar-refractivity contribution >= 4 is 16.9 Å². The van der Waals surface area contributed by atoms with Gasteiger partial charge in [-0.05, 0) is 55.7 Å². The molecular formula is C27H34N2O2. The molecule has 5 atom stereocenters. The number of rotatable bonds is 7. The molecule has 0 radical (unpaired) electrons. The molecule has 6 rings (SSSR count). The number of esters is 1. The van der Waals surface area contributed by atoms with Gasteiger partial charge >= 0.3 is 5.97 Å². The monoisotopic (exact) mass is 418 g/mol. The maximum absolute atomic E-state index is 13.0. The van der Waals surface area contributed by atoms with E-state index in [1.807, 2.05) is 24.4 Å². The Morgan fingerprint density at radius 1 is 1.23 bits per heavy atom. The van der Waals surface area contributed by atoms with Gasteiger partial charge in [0.2, 0.25) is 0 Å². The Bertz CT molecular complexity index is 930. The summed E-state index contributed by atoms with van der Waals surface area (Å²) in [5.74, 6) is 1.86. The summed E-state index contributed by atoms with van der Waals surface area (Å²) in [6, 6.07) is 10.5. The van der Waals surface area contributed by atoms with Gasteiger partial charge in [-0.2, -0.15) is 0 Å². The first-order valence-electron chi connectivity index (χ1n) is 12.1. The lowest BCUT2D eigenvalue weighted by atomic mass is 9.73. The predicted octanol–water partition coefficient (Wildman–Crippen LogP) is 5.69. The molecule has 2 bridgehead atoms. The van der Waals surface area contributed by atoms with Crippen LogP contribution in [0.25, 0.3) is 10.9 Å². The molecule has 4 heterocycles. The van der Waals surface area contributed by atoms with Crippen molar-refractivity contribution in [2.45, 2.75) is 63.5 Å². The number of para-hydroxylation sites is 1. The number of hydrogen-bond acceptors (Lipinski definition) is 4. The van der Waals surface area contributed by atoms with E-state index in [4.69, 9.17) is 4.74 Å². The first kappa shape index (κ1) is 20.7. The fourth-order valence-corrected chi connectivity index (χ4v) is 6.23. The van der Waals surface area contributed by atoms with Crippen LogP contribution >= 0.6 is 0 Å². The van der Waals surface area contributed by atoms with Gasteiger partial charge in [0.15, 0.2) is 0 Å². The Morgan fingerprint density at radius 2 is 2.06 bits per heavy atom. The molecule has 4 nitrogen and oxygen atoms in total. The lowest BCUT2D eigenvalue weighted by Crippen LogP contribution is -2.55. The molecule has 1 unspecified atom stereocenters. The summed E-state index contributed by atoms with van der Waals surface area (Å²) in [7, 11) is 0. The summed E-state index contributed by atoms with van der Waals surface area (Å²) >= 11 is 0. The number of piperidine rings is 3. The Kier molecular flexibility index (Phi) is 6.08. The van der Waals surface area contributed by atoms with E-state index in [0.717, 1.165) is 42.4 Å². The zero-order chi connectivity index (χ0) is 21.2. The smallest absolute Gasteiger partial charge is 0.306 e. The lowest BCUT2D eigenvalue weighted by Gasteiger charge is -2.51. The predicted molar refractivity (Wildman–Crippen MR) is 124 cm³/mol. The van der Waals surface area contributed by atoms with Gasteiger partial charge < -0.3 is 4.74 Å². The van der Waals surface area contributed by atoms with Crippen LogP contribution in [0.1, 0.15) is 63.0 Å². The molecule has 2 aromatic rings. The largest absolute Gasteiger partial charge is 0.456 e. The third-order valence-corrected chi connectivity index (χ3v) is 7.98. The molecule has 0 amide bonds. The van der Waals surface area contributed by atoms with Gasteiger partial charge in [-0.3, -0.25) is 14.7 Å². The number of pyridine rings is 1. The van der Waals surface area contributed by atoms with E-state index in [9.17, 15) is 4.79 Å². The van der Waals surface area contributed by atoms with Crippen LogP contribution in [0.3, 0.4) is 0 Å². The van der Waals surface area contributed by atoms with Crippen molar-refractivity contribution in [2.75, 3.05) is 13.1 Å². The van der Waals surface area contributed by atoms with Crippen molar-refractivity contribution in [3.63, 3.8) is 0 Å². The average Bonchev–Trinajstić information content (AvgIpc) is 3.35. The molecule has 0 spiro atoms. The second-order valence-corrected chi connectivity index (χ2v) is 9.76. The molecule has 31 heavy (non-hydrogen) atoms. The fraction of sp³-hybridized carbons (Fsp3) is 0.556. The van der Waals surface area contributed by atoms with Gasteiger partial charge in [-0.15, -0.1) is 6.58 Å². The van der Waals surface area contributed by atoms with Crippen molar-refractivity contribution in [1.82, 2.24) is 9.88 Å². The summed E-state index contributed by atoms with van der Waals surface area (Å²) in [6.45, 7) is 6.17. The maximum Gasteiger partial charge on any atom is 0.306 e. The highest BCUT2D eigenvalue weighted by atomic mass is 16.5. The average molecular weight is 419 g/mol. The number of aromatic nitrogens is 1. The van der Waals surface area contributed by atoms with E-state index in [1.54, 1.807) is 0 Å². The molecule has 1 aromatic carbocycles. The summed E-state index contributed by atoms with van der Waals surface area (Å²) in [5, 5.41) is 1.10. The Balaban J connectivity index is 1.41. The topological polar surface area (TPSA) is 42.4 Å². The highest BCUT2D eigenvalue weighted by Gasteiger charge is 2.44. The molecule has 3 aliphatic heterocycles. The van der Waals surface area contributed by atoms with Gasteiger partial charge in [-0.25, -0.2) is 0 Å². The second-order valence-electron chi connectivity index (χ2n) is 9.76. The molecule has 4 heteroatoms. The van der Waals surface area contributed by atoms with Crippen LogP contribution in [-0.2, 0) is 9.53 Å². The van der Waals surface area contributed by atoms with Crippen LogP contribution in [-0.4, -0.2) is 35.0 Å². The van der Waals surface area contributed by atoms with Gasteiger partial charge in [0.25, 0.3) is 0 Å². The van der Waals surface area contributed by atoms with Crippen LogP contribution in [0, 0.1) is 17.8 Å². The van der Waals surface area contributed by atoms with E-state index in [-0.39, 0.29) is 18.1 Å². The Hall–Kier alpha value is -2.20. The second kappa shape index (κ2) is 9.12. The van der Waals surface area contributed by atoms with Crippen LogP contribution in [0.4, 0.5) is 0 Å². The minimum atomic E-state index is -0.238. The van der Waals surface area contributed by atoms with Gasteiger partial charge in [0, 0.05) is 30.1 Å². The van der Waals surface area contributed by atoms with E-state index in [2.05, 4.69) is 34.7 Å². The van der Waals surface area contributed by atoms with Crippen LogP contribution < -0.4 is 0 Å². The molecule has 1 aliphatic carbocycles. The van der Waals surface area contributed by atoms with Crippen molar-refractivity contribution in [3.05, 3.63) is 54.7 Å². The maximum atomic E-state index is 13.0. The molecular weight excluding hydrogens is 384 g/mol. The van der Waals surface area contributed by atoms with Gasteiger partial charge in [0.05, 0.1) is 11.6 Å². The van der Waals surface area contributed by atoms with Gasteiger partial charge in [0.1, 0.15) is 6.10 Å². The zero-order valence-electron chi connectivity index (χ0n) is 18.4. The first-order valence-corrected chi connectivity index (χ1v) is 12.1. The number of fused-ring (bicyclic) bond motifs is 4. The molecule has 1 saturated carbocycles. The van der Waals surface area contributed by atoms with E-state index in [1.165, 1.54) is 32.1 Å². The summed E-state index contributed by atoms with van der Waals surface area (Å²) < 4.78 is 6.33. The highest BCUT2D eigenvalue weighted by molar-refractivity contribution is 5.82. The molecule has 3 saturated heterocycles. The number of nitrogens with zero attached hydrogens (tertiary/aromatic N) is 2. The molecule has 4 fully saturated rings. The van der Waals surface area contributed by atoms with Crippen molar-refractivity contribution < 1.29 is 9.53 Å². The van der Waals surface area contributed by atoms with Crippen LogP contribution in [0.5, 0.6) is 0 Å². The van der Waals surface area contributed by atoms with E-state index in [0.29, 0.717) is 24.2 Å². The van der Waals surface area contributed by atoms with Gasteiger partial charge in [-0.1, -0.05) is 50.0 Å². The quantitative estimate of drug-likeness (QED) is 0.428. The van der Waals surface area contributed by atoms with E-state index < -0.39 is 0 Å². The summed E-state index contributed by atoms with van der Waals surface area (Å²) in [6.07, 6.45) is 12.7. The third-order valence-electron chi connectivity index (χ3n) is 7.98. The number of carbonyl (C=O) groups excluding carboxylic acids is 1. The highest BCUT2D eigenvalue weighted by Crippen LogP contribution is 2.43. The lowest BCUT2D eigenvalue weighted by molar-refractivity contribution is -0.157. The fourth-order valence-electron chi connectivity index (χ4n) is 6.23. The van der Waals surface area contributed by atoms with E-state index >= 15 is 0 Å². The molecule has 4 aliphatic rings. The molecule has 1 aromatic heterocycles. The number of benzene rings is 1. The number of ether oxygens (including phenoxy) is 1. The standard InChI is InChI=1S/C27H34N2O2/c1-2-20-18-29-16-14-21(20)17-25(29)27(31-26(30)12-11-19-7-3-4-8-19)23-13-15-28-24-10-6-5-9-22(23)24/h2,5-6,9-10,13,15,19-21,25,27H,1,3-4,7-8,11-12,14,16-18H2/t20-,21-,25-,27+/m0/s1.